The van der Waals surface area contributed by atoms with Crippen molar-refractivity contribution in [3.05, 3.63) is 34.9 Å². The third-order valence-electron chi connectivity index (χ3n) is 2.96. The van der Waals surface area contributed by atoms with Crippen molar-refractivity contribution in [2.45, 2.75) is 19.3 Å². The van der Waals surface area contributed by atoms with E-state index >= 15 is 0 Å². The van der Waals surface area contributed by atoms with E-state index in [2.05, 4.69) is 6.92 Å². The van der Waals surface area contributed by atoms with E-state index < -0.39 is 0 Å². The lowest BCUT2D eigenvalue weighted by Crippen LogP contribution is -2.15. The molecule has 1 aromatic carbocycles. The molecule has 3 heteroatoms. The number of benzene rings is 1. The molecule has 2 atom stereocenters. The molecule has 0 aliphatic heterocycles. The van der Waals surface area contributed by atoms with Gasteiger partial charge in [-0.25, -0.2) is 0 Å². The lowest BCUT2D eigenvalue weighted by Gasteiger charge is -2.22. The van der Waals surface area contributed by atoms with Gasteiger partial charge in [0.15, 0.2) is 0 Å². The Kier molecular flexibility index (Phi) is 5.81. The summed E-state index contributed by atoms with van der Waals surface area (Å²) in [6.07, 6.45) is 0.949. The number of methoxy groups -OCH3 is 1. The molecule has 16 heavy (non-hydrogen) atoms. The number of hydrogen-bond acceptors (Lipinski definition) is 2. The predicted octanol–water partition coefficient (Wildman–Crippen LogP) is 3.09. The Morgan fingerprint density at radius 1 is 1.31 bits per heavy atom. The normalized spacial score (nSPS) is 14.8. The Bertz CT molecular complexity index is 297. The highest BCUT2D eigenvalue weighted by Gasteiger charge is 2.18. The molecule has 0 spiro atoms. The van der Waals surface area contributed by atoms with Gasteiger partial charge in [0.25, 0.3) is 0 Å². The van der Waals surface area contributed by atoms with E-state index in [1.54, 1.807) is 7.11 Å². The maximum absolute atomic E-state index is 9.44. The van der Waals surface area contributed by atoms with Crippen LogP contribution in [0, 0.1) is 5.92 Å². The van der Waals surface area contributed by atoms with E-state index in [0.717, 1.165) is 23.6 Å². The van der Waals surface area contributed by atoms with Gasteiger partial charge in [0.05, 0.1) is 6.61 Å². The van der Waals surface area contributed by atoms with Crippen molar-refractivity contribution in [2.75, 3.05) is 20.3 Å². The molecule has 0 aromatic heterocycles. The molecule has 0 amide bonds. The van der Waals surface area contributed by atoms with Gasteiger partial charge in [-0.1, -0.05) is 30.7 Å². The Labute approximate surface area is 102 Å². The van der Waals surface area contributed by atoms with Gasteiger partial charge in [-0.3, -0.25) is 0 Å². The lowest BCUT2D eigenvalue weighted by atomic mass is 9.86. The van der Waals surface area contributed by atoms with Crippen LogP contribution in [-0.4, -0.2) is 25.4 Å². The largest absolute Gasteiger partial charge is 0.396 e. The summed E-state index contributed by atoms with van der Waals surface area (Å²) < 4.78 is 5.06. The van der Waals surface area contributed by atoms with Crippen molar-refractivity contribution < 1.29 is 9.84 Å². The summed E-state index contributed by atoms with van der Waals surface area (Å²) in [5.41, 5.74) is 1.13. The minimum Gasteiger partial charge on any atom is -0.396 e. The molecular weight excluding hydrogens is 224 g/mol. The van der Waals surface area contributed by atoms with Crippen LogP contribution in [0.3, 0.4) is 0 Å². The number of rotatable bonds is 6. The average molecular weight is 243 g/mol. The second kappa shape index (κ2) is 6.89. The summed E-state index contributed by atoms with van der Waals surface area (Å²) in [6.45, 7) is 3.02. The SMILES string of the molecule is COCCC(C)C(CO)c1ccc(Cl)cc1. The van der Waals surface area contributed by atoms with E-state index in [9.17, 15) is 5.11 Å². The molecule has 0 radical (unpaired) electrons. The summed E-state index contributed by atoms with van der Waals surface area (Å²) in [5.74, 6) is 0.554. The summed E-state index contributed by atoms with van der Waals surface area (Å²) in [5, 5.41) is 10.2. The minimum absolute atomic E-state index is 0.159. The monoisotopic (exact) mass is 242 g/mol. The highest BCUT2D eigenvalue weighted by Crippen LogP contribution is 2.27. The molecule has 2 unspecified atom stereocenters. The van der Waals surface area contributed by atoms with Crippen LogP contribution in [0.25, 0.3) is 0 Å². The zero-order valence-corrected chi connectivity index (χ0v) is 10.6. The highest BCUT2D eigenvalue weighted by atomic mass is 35.5. The van der Waals surface area contributed by atoms with Gasteiger partial charge in [0, 0.05) is 24.7 Å². The molecule has 0 saturated carbocycles. The molecule has 0 fully saturated rings. The van der Waals surface area contributed by atoms with Crippen LogP contribution in [0.5, 0.6) is 0 Å². The van der Waals surface area contributed by atoms with E-state index in [4.69, 9.17) is 16.3 Å². The van der Waals surface area contributed by atoms with Gasteiger partial charge in [-0.05, 0) is 30.0 Å². The van der Waals surface area contributed by atoms with Crippen LogP contribution in [0.15, 0.2) is 24.3 Å². The third-order valence-corrected chi connectivity index (χ3v) is 3.21. The van der Waals surface area contributed by atoms with Gasteiger partial charge >= 0.3 is 0 Å². The summed E-state index contributed by atoms with van der Waals surface area (Å²) >= 11 is 5.84. The Morgan fingerprint density at radius 3 is 2.44 bits per heavy atom. The van der Waals surface area contributed by atoms with E-state index in [-0.39, 0.29) is 12.5 Å². The fourth-order valence-corrected chi connectivity index (χ4v) is 1.95. The minimum atomic E-state index is 0.159. The molecule has 0 bridgehead atoms. The topological polar surface area (TPSA) is 29.5 Å². The van der Waals surface area contributed by atoms with Gasteiger partial charge in [0.1, 0.15) is 0 Å². The van der Waals surface area contributed by atoms with Crippen LogP contribution in [0.4, 0.5) is 0 Å². The maximum Gasteiger partial charge on any atom is 0.0502 e. The summed E-state index contributed by atoms with van der Waals surface area (Å²) in [4.78, 5) is 0. The van der Waals surface area contributed by atoms with Crippen LogP contribution >= 0.6 is 11.6 Å². The standard InChI is InChI=1S/C13H19ClO2/c1-10(7-8-16-2)13(9-15)11-3-5-12(14)6-4-11/h3-6,10,13,15H,7-9H2,1-2H3. The van der Waals surface area contributed by atoms with Gasteiger partial charge in [-0.2, -0.15) is 0 Å². The number of ether oxygens (including phenoxy) is 1. The zero-order valence-electron chi connectivity index (χ0n) is 9.82. The Balaban J connectivity index is 2.69. The van der Waals surface area contributed by atoms with E-state index in [1.807, 2.05) is 24.3 Å². The van der Waals surface area contributed by atoms with Gasteiger partial charge in [-0.15, -0.1) is 0 Å². The second-order valence-corrected chi connectivity index (χ2v) is 4.54. The van der Waals surface area contributed by atoms with Crippen LogP contribution in [0.1, 0.15) is 24.8 Å². The molecular formula is C13H19ClO2. The quantitative estimate of drug-likeness (QED) is 0.831. The van der Waals surface area contributed by atoms with Crippen LogP contribution in [0.2, 0.25) is 5.02 Å². The zero-order chi connectivity index (χ0) is 12.0. The van der Waals surface area contributed by atoms with E-state index in [0.29, 0.717) is 5.92 Å². The molecule has 1 N–H and O–H groups in total. The molecule has 0 saturated heterocycles. The molecule has 0 aliphatic carbocycles. The first-order chi connectivity index (χ1) is 7.69. The van der Waals surface area contributed by atoms with E-state index in [1.165, 1.54) is 0 Å². The van der Waals surface area contributed by atoms with Crippen LogP contribution < -0.4 is 0 Å². The summed E-state index contributed by atoms with van der Waals surface area (Å²) in [7, 11) is 1.70. The molecule has 1 aromatic rings. The van der Waals surface area contributed by atoms with Gasteiger partial charge in [0.2, 0.25) is 0 Å². The van der Waals surface area contributed by atoms with Crippen molar-refractivity contribution in [2.24, 2.45) is 5.92 Å². The lowest BCUT2D eigenvalue weighted by molar-refractivity contribution is 0.159. The maximum atomic E-state index is 9.44. The van der Waals surface area contributed by atoms with Crippen molar-refractivity contribution in [1.29, 1.82) is 0 Å². The molecule has 90 valence electrons. The number of halogens is 1. The van der Waals surface area contributed by atoms with Gasteiger partial charge < -0.3 is 9.84 Å². The third kappa shape index (κ3) is 3.78. The molecule has 0 aliphatic rings. The first kappa shape index (κ1) is 13.5. The number of aliphatic hydroxyl groups is 1. The first-order valence-corrected chi connectivity index (χ1v) is 5.92. The Morgan fingerprint density at radius 2 is 1.94 bits per heavy atom. The van der Waals surface area contributed by atoms with Crippen LogP contribution in [-0.2, 0) is 4.74 Å². The highest BCUT2D eigenvalue weighted by molar-refractivity contribution is 6.30. The Hall–Kier alpha value is -0.570. The first-order valence-electron chi connectivity index (χ1n) is 5.54. The molecule has 2 nitrogen and oxygen atoms in total. The number of aliphatic hydroxyl groups excluding tert-OH is 1. The fraction of sp³-hybridized carbons (Fsp3) is 0.538. The van der Waals surface area contributed by atoms with Crippen molar-refractivity contribution >= 4 is 11.6 Å². The molecule has 0 heterocycles. The van der Waals surface area contributed by atoms with Crippen molar-refractivity contribution in [3.63, 3.8) is 0 Å². The average Bonchev–Trinajstić information content (AvgIpc) is 2.30. The predicted molar refractivity (Wildman–Crippen MR) is 66.9 cm³/mol. The van der Waals surface area contributed by atoms with Crippen molar-refractivity contribution in [3.8, 4) is 0 Å². The smallest absolute Gasteiger partial charge is 0.0502 e. The summed E-state index contributed by atoms with van der Waals surface area (Å²) in [6, 6.07) is 7.68. The molecule has 1 rings (SSSR count). The second-order valence-electron chi connectivity index (χ2n) is 4.10. The van der Waals surface area contributed by atoms with Crippen molar-refractivity contribution in [1.82, 2.24) is 0 Å². The number of hydrogen-bond donors (Lipinski definition) is 1. The fourth-order valence-electron chi connectivity index (χ4n) is 1.83.